The van der Waals surface area contributed by atoms with E-state index in [1.807, 2.05) is 19.2 Å². The van der Waals surface area contributed by atoms with Crippen LogP contribution in [0.25, 0.3) is 5.69 Å². The summed E-state index contributed by atoms with van der Waals surface area (Å²) in [6.07, 6.45) is 13.0. The summed E-state index contributed by atoms with van der Waals surface area (Å²) in [5, 5.41) is 10.9. The summed E-state index contributed by atoms with van der Waals surface area (Å²) in [6, 6.07) is 8.29. The summed E-state index contributed by atoms with van der Waals surface area (Å²) in [6.45, 7) is 1.73. The molecule has 148 valence electrons. The lowest BCUT2D eigenvalue weighted by atomic mass is 10.0. The van der Waals surface area contributed by atoms with Gasteiger partial charge < -0.3 is 10.6 Å². The minimum atomic E-state index is 0. The Balaban J connectivity index is 0.00000261. The summed E-state index contributed by atoms with van der Waals surface area (Å²) < 4.78 is 1.75. The van der Waals surface area contributed by atoms with Crippen molar-refractivity contribution in [1.29, 1.82) is 0 Å². The summed E-state index contributed by atoms with van der Waals surface area (Å²) in [4.78, 5) is 8.28. The van der Waals surface area contributed by atoms with Gasteiger partial charge >= 0.3 is 0 Å². The minimum absolute atomic E-state index is 0. The van der Waals surface area contributed by atoms with Crippen molar-refractivity contribution in [3.8, 4) is 5.69 Å². The van der Waals surface area contributed by atoms with Gasteiger partial charge in [-0.25, -0.2) is 9.67 Å². The van der Waals surface area contributed by atoms with Crippen LogP contribution < -0.4 is 10.6 Å². The molecule has 0 amide bonds. The van der Waals surface area contributed by atoms with Crippen molar-refractivity contribution in [2.24, 2.45) is 10.9 Å². The number of benzene rings is 1. The van der Waals surface area contributed by atoms with Gasteiger partial charge in [-0.15, -0.1) is 24.0 Å². The largest absolute Gasteiger partial charge is 0.356 e. The average molecular weight is 482 g/mol. The molecule has 3 rings (SSSR count). The molecule has 0 radical (unpaired) electrons. The van der Waals surface area contributed by atoms with E-state index in [4.69, 9.17) is 0 Å². The van der Waals surface area contributed by atoms with Crippen LogP contribution in [-0.4, -0.2) is 34.3 Å². The zero-order valence-electron chi connectivity index (χ0n) is 16.1. The van der Waals surface area contributed by atoms with Crippen LogP contribution in [0.4, 0.5) is 0 Å². The number of unbranched alkanes of at least 4 members (excludes halogenated alkanes) is 1. The molecule has 1 saturated carbocycles. The van der Waals surface area contributed by atoms with E-state index in [0.29, 0.717) is 0 Å². The van der Waals surface area contributed by atoms with Crippen LogP contribution in [0.3, 0.4) is 0 Å². The Bertz CT molecular complexity index is 662. The molecule has 0 aliphatic heterocycles. The molecule has 27 heavy (non-hydrogen) atoms. The number of aromatic nitrogens is 3. The monoisotopic (exact) mass is 482 g/mol. The van der Waals surface area contributed by atoms with Crippen LogP contribution in [-0.2, 0) is 6.54 Å². The maximum absolute atomic E-state index is 4.31. The van der Waals surface area contributed by atoms with Crippen molar-refractivity contribution in [2.45, 2.75) is 51.5 Å². The quantitative estimate of drug-likeness (QED) is 0.259. The second kappa shape index (κ2) is 11.9. The predicted octanol–water partition coefficient (Wildman–Crippen LogP) is 3.91. The molecular weight excluding hydrogens is 451 g/mol. The van der Waals surface area contributed by atoms with E-state index in [9.17, 15) is 0 Å². The number of aliphatic imine (C=N–C) groups is 1. The Kier molecular flexibility index (Phi) is 9.58. The molecule has 0 bridgehead atoms. The second-order valence-electron chi connectivity index (χ2n) is 7.01. The Morgan fingerprint density at radius 2 is 1.93 bits per heavy atom. The highest BCUT2D eigenvalue weighted by Gasteiger charge is 2.13. The second-order valence-corrected chi connectivity index (χ2v) is 7.01. The number of rotatable bonds is 8. The molecule has 1 aliphatic carbocycles. The van der Waals surface area contributed by atoms with E-state index in [0.717, 1.165) is 30.7 Å². The topological polar surface area (TPSA) is 67.1 Å². The molecule has 2 N–H and O–H groups in total. The Hall–Kier alpha value is -1.64. The molecule has 6 nitrogen and oxygen atoms in total. The van der Waals surface area contributed by atoms with Gasteiger partial charge in [0.15, 0.2) is 5.96 Å². The van der Waals surface area contributed by atoms with Crippen LogP contribution in [0.2, 0.25) is 0 Å². The molecule has 0 saturated heterocycles. The van der Waals surface area contributed by atoms with Gasteiger partial charge in [0.1, 0.15) is 12.7 Å². The first-order chi connectivity index (χ1) is 12.8. The molecule has 0 spiro atoms. The maximum atomic E-state index is 4.31. The van der Waals surface area contributed by atoms with Crippen LogP contribution in [0.15, 0.2) is 41.9 Å². The number of nitrogens with zero attached hydrogens (tertiary/aromatic N) is 4. The Morgan fingerprint density at radius 3 is 2.59 bits per heavy atom. The highest BCUT2D eigenvalue weighted by molar-refractivity contribution is 14.0. The van der Waals surface area contributed by atoms with Crippen molar-refractivity contribution in [2.75, 3.05) is 13.6 Å². The molecule has 0 unspecified atom stereocenters. The first-order valence-corrected chi connectivity index (χ1v) is 9.73. The van der Waals surface area contributed by atoms with E-state index < -0.39 is 0 Å². The van der Waals surface area contributed by atoms with Gasteiger partial charge in [0.2, 0.25) is 0 Å². The number of hydrogen-bond donors (Lipinski definition) is 2. The first kappa shape index (κ1) is 21.7. The van der Waals surface area contributed by atoms with Crippen LogP contribution in [0, 0.1) is 5.92 Å². The fourth-order valence-corrected chi connectivity index (χ4v) is 3.58. The van der Waals surface area contributed by atoms with E-state index in [-0.39, 0.29) is 24.0 Å². The average Bonchev–Trinajstić information content (AvgIpc) is 3.38. The zero-order valence-corrected chi connectivity index (χ0v) is 18.4. The van der Waals surface area contributed by atoms with Crippen molar-refractivity contribution in [3.63, 3.8) is 0 Å². The summed E-state index contributed by atoms with van der Waals surface area (Å²) in [5.74, 6) is 1.86. The van der Waals surface area contributed by atoms with Crippen LogP contribution >= 0.6 is 24.0 Å². The van der Waals surface area contributed by atoms with Crippen LogP contribution in [0.5, 0.6) is 0 Å². The van der Waals surface area contributed by atoms with Crippen molar-refractivity contribution in [1.82, 2.24) is 25.4 Å². The molecular formula is C20H31IN6. The molecule has 2 aromatic rings. The summed E-state index contributed by atoms with van der Waals surface area (Å²) >= 11 is 0. The van der Waals surface area contributed by atoms with Gasteiger partial charge in [-0.05, 0) is 30.0 Å². The SMILES string of the molecule is CN=C(NCCCCC1CCCC1)NCc1ccc(-n2cncn2)cc1.I. The Morgan fingerprint density at radius 1 is 1.15 bits per heavy atom. The fourth-order valence-electron chi connectivity index (χ4n) is 3.58. The molecule has 7 heteroatoms. The third kappa shape index (κ3) is 7.12. The first-order valence-electron chi connectivity index (χ1n) is 9.73. The number of guanidine groups is 1. The molecule has 1 fully saturated rings. The van der Waals surface area contributed by atoms with Gasteiger partial charge in [-0.2, -0.15) is 5.10 Å². The lowest BCUT2D eigenvalue weighted by molar-refractivity contribution is 0.472. The lowest BCUT2D eigenvalue weighted by Gasteiger charge is -2.13. The highest BCUT2D eigenvalue weighted by Crippen LogP contribution is 2.28. The van der Waals surface area contributed by atoms with Crippen molar-refractivity contribution in [3.05, 3.63) is 42.5 Å². The smallest absolute Gasteiger partial charge is 0.191 e. The minimum Gasteiger partial charge on any atom is -0.356 e. The van der Waals surface area contributed by atoms with Gasteiger partial charge in [0.25, 0.3) is 0 Å². The van der Waals surface area contributed by atoms with Gasteiger partial charge in [-0.3, -0.25) is 4.99 Å². The number of hydrogen-bond acceptors (Lipinski definition) is 3. The highest BCUT2D eigenvalue weighted by atomic mass is 127. The standard InChI is InChI=1S/C20H30N6.HI/c1-21-20(23-13-5-4-8-17-6-2-3-7-17)24-14-18-9-11-19(12-10-18)26-16-22-15-25-26;/h9-12,15-17H,2-8,13-14H2,1H3,(H2,21,23,24);1H. The van der Waals surface area contributed by atoms with E-state index in [1.165, 1.54) is 50.5 Å². The number of nitrogens with one attached hydrogen (secondary N) is 2. The third-order valence-electron chi connectivity index (χ3n) is 5.11. The fraction of sp³-hybridized carbons (Fsp3) is 0.550. The van der Waals surface area contributed by atoms with E-state index >= 15 is 0 Å². The van der Waals surface area contributed by atoms with Crippen molar-refractivity contribution < 1.29 is 0 Å². The van der Waals surface area contributed by atoms with Gasteiger partial charge in [0.05, 0.1) is 5.69 Å². The molecule has 0 atom stereocenters. The molecule has 1 aromatic carbocycles. The predicted molar refractivity (Wildman–Crippen MR) is 121 cm³/mol. The maximum Gasteiger partial charge on any atom is 0.191 e. The van der Waals surface area contributed by atoms with Crippen LogP contribution in [0.1, 0.15) is 50.5 Å². The lowest BCUT2D eigenvalue weighted by Crippen LogP contribution is -2.37. The zero-order chi connectivity index (χ0) is 18.0. The summed E-state index contributed by atoms with van der Waals surface area (Å²) in [5.41, 5.74) is 2.22. The summed E-state index contributed by atoms with van der Waals surface area (Å²) in [7, 11) is 1.82. The van der Waals surface area contributed by atoms with E-state index in [2.05, 4.69) is 37.8 Å². The van der Waals surface area contributed by atoms with Crippen molar-refractivity contribution >= 4 is 29.9 Å². The normalized spacial score (nSPS) is 14.8. The molecule has 1 heterocycles. The number of halogens is 1. The van der Waals surface area contributed by atoms with Gasteiger partial charge in [-0.1, -0.05) is 50.7 Å². The Labute approximate surface area is 179 Å². The molecule has 1 aliphatic rings. The van der Waals surface area contributed by atoms with E-state index in [1.54, 1.807) is 17.3 Å². The molecule has 1 aromatic heterocycles. The van der Waals surface area contributed by atoms with Gasteiger partial charge in [0, 0.05) is 20.1 Å². The third-order valence-corrected chi connectivity index (χ3v) is 5.11.